The Labute approximate surface area is 177 Å². The second kappa shape index (κ2) is 7.40. The minimum absolute atomic E-state index is 0.0613. The van der Waals surface area contributed by atoms with Crippen molar-refractivity contribution in [3.05, 3.63) is 35.8 Å². The molecule has 0 aromatic carbocycles. The van der Waals surface area contributed by atoms with Crippen molar-refractivity contribution in [1.29, 1.82) is 0 Å². The van der Waals surface area contributed by atoms with E-state index in [1.807, 2.05) is 13.0 Å². The number of furan rings is 1. The highest BCUT2D eigenvalue weighted by Crippen LogP contribution is 2.64. The Kier molecular flexibility index (Phi) is 5.15. The summed E-state index contributed by atoms with van der Waals surface area (Å²) in [6, 6.07) is 1.98. The van der Waals surface area contributed by atoms with E-state index in [0.717, 1.165) is 31.2 Å². The van der Waals surface area contributed by atoms with Gasteiger partial charge in [0.15, 0.2) is 11.9 Å². The van der Waals surface area contributed by atoms with Gasteiger partial charge in [0.05, 0.1) is 25.6 Å². The summed E-state index contributed by atoms with van der Waals surface area (Å²) < 4.78 is 15.8. The summed E-state index contributed by atoms with van der Waals surface area (Å²) in [6.45, 7) is 5.50. The van der Waals surface area contributed by atoms with Crippen LogP contribution in [0.5, 0.6) is 0 Å². The zero-order valence-electron chi connectivity index (χ0n) is 18.1. The predicted molar refractivity (Wildman–Crippen MR) is 108 cm³/mol. The van der Waals surface area contributed by atoms with Crippen LogP contribution in [0.1, 0.15) is 64.4 Å². The number of ether oxygens (including phenoxy) is 2. The molecule has 4 rings (SSSR count). The lowest BCUT2D eigenvalue weighted by atomic mass is 9.43. The molecule has 2 fully saturated rings. The highest BCUT2D eigenvalue weighted by atomic mass is 16.5. The fourth-order valence-electron chi connectivity index (χ4n) is 6.59. The number of Topliss-reactive ketones (excluding diaryl/α,β-unsaturated/α-hetero) is 1. The second-order valence-corrected chi connectivity index (χ2v) is 9.59. The average Bonchev–Trinajstić information content (AvgIpc) is 3.23. The zero-order chi connectivity index (χ0) is 21.7. The largest absolute Gasteiger partial charge is 0.472 e. The number of allylic oxidation sites excluding steroid dienone is 2. The van der Waals surface area contributed by atoms with Gasteiger partial charge >= 0.3 is 11.9 Å². The third-order valence-corrected chi connectivity index (χ3v) is 7.94. The van der Waals surface area contributed by atoms with Crippen LogP contribution in [0.4, 0.5) is 0 Å². The van der Waals surface area contributed by atoms with Crippen molar-refractivity contribution >= 4 is 17.7 Å². The third-order valence-electron chi connectivity index (χ3n) is 7.94. The van der Waals surface area contributed by atoms with Gasteiger partial charge in [0.2, 0.25) is 0 Å². The topological polar surface area (TPSA) is 82.8 Å². The van der Waals surface area contributed by atoms with Crippen molar-refractivity contribution in [3.63, 3.8) is 0 Å². The maximum atomic E-state index is 13.7. The van der Waals surface area contributed by atoms with E-state index in [1.54, 1.807) is 12.5 Å². The molecule has 1 aromatic rings. The van der Waals surface area contributed by atoms with E-state index in [1.165, 1.54) is 19.6 Å². The summed E-state index contributed by atoms with van der Waals surface area (Å²) in [5, 5.41) is 0. The van der Waals surface area contributed by atoms with Crippen LogP contribution in [-0.4, -0.2) is 30.9 Å². The van der Waals surface area contributed by atoms with Crippen LogP contribution in [0, 0.1) is 22.7 Å². The lowest BCUT2D eigenvalue weighted by molar-refractivity contribution is -0.181. The molecule has 3 aliphatic rings. The van der Waals surface area contributed by atoms with Gasteiger partial charge in [-0.25, -0.2) is 0 Å². The van der Waals surface area contributed by atoms with E-state index in [9.17, 15) is 14.4 Å². The molecular formula is C24H30O6. The van der Waals surface area contributed by atoms with Crippen molar-refractivity contribution in [2.24, 2.45) is 22.7 Å². The molecule has 0 N–H and O–H groups in total. The van der Waals surface area contributed by atoms with Crippen LogP contribution < -0.4 is 0 Å². The average molecular weight is 414 g/mol. The minimum Gasteiger partial charge on any atom is -0.472 e. The van der Waals surface area contributed by atoms with Crippen LogP contribution in [0.3, 0.4) is 0 Å². The third kappa shape index (κ3) is 3.12. The Morgan fingerprint density at radius 1 is 1.27 bits per heavy atom. The summed E-state index contributed by atoms with van der Waals surface area (Å²) in [6.07, 6.45) is 8.33. The molecule has 1 heterocycles. The Bertz CT molecular complexity index is 884. The van der Waals surface area contributed by atoms with Gasteiger partial charge in [-0.2, -0.15) is 0 Å². The summed E-state index contributed by atoms with van der Waals surface area (Å²) in [5.41, 5.74) is 1.47. The molecule has 0 radical (unpaired) electrons. The number of fused-ring (bicyclic) bond motifs is 3. The fraction of sp³-hybridized carbons (Fsp3) is 0.625. The molecule has 30 heavy (non-hydrogen) atoms. The van der Waals surface area contributed by atoms with Gasteiger partial charge in [-0.05, 0) is 54.1 Å². The highest BCUT2D eigenvalue weighted by molar-refractivity contribution is 5.92. The van der Waals surface area contributed by atoms with Crippen LogP contribution in [0.2, 0.25) is 0 Å². The molecule has 3 aliphatic carbocycles. The highest BCUT2D eigenvalue weighted by Gasteiger charge is 2.64. The first-order chi connectivity index (χ1) is 14.2. The van der Waals surface area contributed by atoms with Gasteiger partial charge < -0.3 is 13.9 Å². The van der Waals surface area contributed by atoms with E-state index in [4.69, 9.17) is 13.9 Å². The first-order valence-corrected chi connectivity index (χ1v) is 10.7. The molecule has 6 atom stereocenters. The molecule has 0 amide bonds. The SMILES string of the molecule is COC(=O)[C@@H]1C[C@H](OC(C)=O)C(=O)[C@H]2[C@@]1(C)CCC1=CC[C@H](c3ccoc3)C[C@@]12C. The summed E-state index contributed by atoms with van der Waals surface area (Å²) >= 11 is 0. The molecule has 0 bridgehead atoms. The summed E-state index contributed by atoms with van der Waals surface area (Å²) in [7, 11) is 1.38. The van der Waals surface area contributed by atoms with Gasteiger partial charge in [0.1, 0.15) is 0 Å². The number of carbonyl (C=O) groups excluding carboxylic acids is 3. The van der Waals surface area contributed by atoms with Crippen molar-refractivity contribution in [2.75, 3.05) is 7.11 Å². The Hall–Kier alpha value is -2.37. The summed E-state index contributed by atoms with van der Waals surface area (Å²) in [5.74, 6) is -1.54. The molecule has 162 valence electrons. The van der Waals surface area contributed by atoms with Gasteiger partial charge in [0, 0.05) is 19.3 Å². The molecule has 2 saturated carbocycles. The van der Waals surface area contributed by atoms with Crippen LogP contribution in [0.15, 0.2) is 34.7 Å². The normalized spacial score (nSPS) is 38.1. The molecule has 0 spiro atoms. The number of hydrogen-bond donors (Lipinski definition) is 0. The van der Waals surface area contributed by atoms with E-state index >= 15 is 0 Å². The number of esters is 2. The Morgan fingerprint density at radius 2 is 2.03 bits per heavy atom. The van der Waals surface area contributed by atoms with Gasteiger partial charge in [-0.3, -0.25) is 14.4 Å². The maximum Gasteiger partial charge on any atom is 0.309 e. The van der Waals surface area contributed by atoms with E-state index in [0.29, 0.717) is 0 Å². The predicted octanol–water partition coefficient (Wildman–Crippen LogP) is 4.20. The van der Waals surface area contributed by atoms with Crippen molar-refractivity contribution in [1.82, 2.24) is 0 Å². The van der Waals surface area contributed by atoms with Crippen molar-refractivity contribution < 1.29 is 28.3 Å². The van der Waals surface area contributed by atoms with E-state index < -0.39 is 34.7 Å². The van der Waals surface area contributed by atoms with E-state index in [2.05, 4.69) is 13.0 Å². The number of carbonyl (C=O) groups is 3. The lowest BCUT2D eigenvalue weighted by Crippen LogP contribution is -2.61. The lowest BCUT2D eigenvalue weighted by Gasteiger charge is -2.59. The van der Waals surface area contributed by atoms with E-state index in [-0.39, 0.29) is 24.1 Å². The Balaban J connectivity index is 1.78. The molecule has 0 aliphatic heterocycles. The zero-order valence-corrected chi connectivity index (χ0v) is 18.1. The molecule has 6 heteroatoms. The second-order valence-electron chi connectivity index (χ2n) is 9.59. The smallest absolute Gasteiger partial charge is 0.309 e. The molecule has 0 saturated heterocycles. The number of methoxy groups -OCH3 is 1. The quantitative estimate of drug-likeness (QED) is 0.545. The first kappa shape index (κ1) is 20.9. The fourth-order valence-corrected chi connectivity index (χ4v) is 6.59. The van der Waals surface area contributed by atoms with Crippen LogP contribution in [0.25, 0.3) is 0 Å². The van der Waals surface area contributed by atoms with Gasteiger partial charge in [-0.1, -0.05) is 25.5 Å². The monoisotopic (exact) mass is 414 g/mol. The number of hydrogen-bond acceptors (Lipinski definition) is 6. The van der Waals surface area contributed by atoms with Gasteiger partial charge in [0.25, 0.3) is 0 Å². The molecule has 6 nitrogen and oxygen atoms in total. The summed E-state index contributed by atoms with van der Waals surface area (Å²) in [4.78, 5) is 38.2. The minimum atomic E-state index is -0.907. The van der Waals surface area contributed by atoms with Crippen molar-refractivity contribution in [2.45, 2.75) is 64.9 Å². The molecule has 0 unspecified atom stereocenters. The van der Waals surface area contributed by atoms with Crippen LogP contribution >= 0.6 is 0 Å². The molecule has 1 aromatic heterocycles. The van der Waals surface area contributed by atoms with Crippen LogP contribution in [-0.2, 0) is 23.9 Å². The maximum absolute atomic E-state index is 13.7. The molecular weight excluding hydrogens is 384 g/mol. The first-order valence-electron chi connectivity index (χ1n) is 10.7. The number of ketones is 1. The standard InChI is InChI=1S/C24H30O6/c1-14(25)30-19-11-18(22(27)28-4)23(2)9-7-17-6-5-15(16-8-10-29-13-16)12-24(17,3)21(23)20(19)26/h6,8,10,13,15,18-19,21H,5,7,9,11-12H2,1-4H3/t15-,18-,19-,21-,23-,24-/m0/s1. The van der Waals surface area contributed by atoms with Gasteiger partial charge in [-0.15, -0.1) is 0 Å². The number of rotatable bonds is 3. The van der Waals surface area contributed by atoms with Crippen molar-refractivity contribution in [3.8, 4) is 0 Å². The Morgan fingerprint density at radius 3 is 2.67 bits per heavy atom.